The fraction of sp³-hybridized carbons (Fsp3) is 0.294. The second-order valence-corrected chi connectivity index (χ2v) is 7.87. The van der Waals surface area contributed by atoms with Crippen molar-refractivity contribution in [2.75, 3.05) is 18.0 Å². The van der Waals surface area contributed by atoms with Crippen LogP contribution in [0.2, 0.25) is 10.0 Å². The highest BCUT2D eigenvalue weighted by molar-refractivity contribution is 7.93. The molecular weight excluding hydrogens is 369 g/mol. The lowest BCUT2D eigenvalue weighted by molar-refractivity contribution is 0.414. The lowest BCUT2D eigenvalue weighted by Gasteiger charge is -2.26. The Labute approximate surface area is 153 Å². The molecule has 0 aliphatic rings. The van der Waals surface area contributed by atoms with Crippen LogP contribution in [-0.2, 0) is 10.0 Å². The molecule has 0 aromatic heterocycles. The Hall–Kier alpha value is -1.43. The van der Waals surface area contributed by atoms with E-state index in [1.165, 1.54) is 23.5 Å². The second-order valence-electron chi connectivity index (χ2n) is 5.28. The Morgan fingerprint density at radius 1 is 1.08 bits per heavy atom. The van der Waals surface area contributed by atoms with E-state index in [1.807, 2.05) is 26.0 Å². The third-order valence-corrected chi connectivity index (χ3v) is 6.84. The van der Waals surface area contributed by atoms with Crippen molar-refractivity contribution in [1.82, 2.24) is 0 Å². The molecule has 0 aliphatic carbocycles. The highest BCUT2D eigenvalue weighted by Gasteiger charge is 2.29. The van der Waals surface area contributed by atoms with Gasteiger partial charge in [0.25, 0.3) is 10.0 Å². The molecular formula is C17H19Cl2NO3S. The Morgan fingerprint density at radius 3 is 2.33 bits per heavy atom. The smallest absolute Gasteiger partial charge is 0.265 e. The monoisotopic (exact) mass is 387 g/mol. The average molecular weight is 388 g/mol. The zero-order valence-corrected chi connectivity index (χ0v) is 16.3. The van der Waals surface area contributed by atoms with Gasteiger partial charge >= 0.3 is 0 Å². The molecule has 0 fully saturated rings. The van der Waals surface area contributed by atoms with Crippen LogP contribution >= 0.6 is 23.2 Å². The molecule has 0 spiro atoms. The van der Waals surface area contributed by atoms with Gasteiger partial charge in [-0.2, -0.15) is 0 Å². The maximum absolute atomic E-state index is 13.1. The number of nitrogens with zero attached hydrogens (tertiary/aromatic N) is 1. The SMILES string of the molecule is CCN(c1cccc(C)c1C)S(=O)(=O)c1ccc(OC)c(Cl)c1Cl. The van der Waals surface area contributed by atoms with Gasteiger partial charge in [-0.05, 0) is 50.1 Å². The standard InChI is InChI=1S/C17H19Cl2NO3S/c1-5-20(13-8-6-7-11(2)12(13)3)24(21,22)15-10-9-14(23-4)16(18)17(15)19/h6-10H,5H2,1-4H3. The normalized spacial score (nSPS) is 11.4. The zero-order valence-electron chi connectivity index (χ0n) is 13.9. The largest absolute Gasteiger partial charge is 0.495 e. The summed E-state index contributed by atoms with van der Waals surface area (Å²) in [5, 5.41) is 0.0389. The van der Waals surface area contributed by atoms with Crippen LogP contribution in [0.15, 0.2) is 35.2 Å². The number of rotatable bonds is 5. The zero-order chi connectivity index (χ0) is 18.1. The number of benzene rings is 2. The van der Waals surface area contributed by atoms with Crippen LogP contribution in [0.3, 0.4) is 0 Å². The minimum atomic E-state index is -3.86. The molecule has 7 heteroatoms. The number of anilines is 1. The van der Waals surface area contributed by atoms with Crippen molar-refractivity contribution in [2.45, 2.75) is 25.7 Å². The quantitative estimate of drug-likeness (QED) is 0.737. The molecule has 0 saturated heterocycles. The molecule has 0 heterocycles. The number of hydrogen-bond donors (Lipinski definition) is 0. The van der Waals surface area contributed by atoms with Gasteiger partial charge in [-0.25, -0.2) is 8.42 Å². The Bertz CT molecular complexity index is 866. The molecule has 2 aromatic carbocycles. The van der Waals surface area contributed by atoms with Crippen LogP contribution in [0.4, 0.5) is 5.69 Å². The summed E-state index contributed by atoms with van der Waals surface area (Å²) in [6.07, 6.45) is 0. The van der Waals surface area contributed by atoms with E-state index in [0.717, 1.165) is 11.1 Å². The van der Waals surface area contributed by atoms with E-state index < -0.39 is 10.0 Å². The predicted octanol–water partition coefficient (Wildman–Crippen LogP) is 4.83. The van der Waals surface area contributed by atoms with Gasteiger partial charge in [-0.15, -0.1) is 0 Å². The van der Waals surface area contributed by atoms with Gasteiger partial charge in [-0.1, -0.05) is 35.3 Å². The van der Waals surface area contributed by atoms with Crippen molar-refractivity contribution in [2.24, 2.45) is 0 Å². The minimum Gasteiger partial charge on any atom is -0.495 e. The van der Waals surface area contributed by atoms with E-state index in [2.05, 4.69) is 0 Å². The lowest BCUT2D eigenvalue weighted by Crippen LogP contribution is -2.31. The Kier molecular flexibility index (Phi) is 5.68. The molecule has 24 heavy (non-hydrogen) atoms. The third kappa shape index (κ3) is 3.21. The first kappa shape index (κ1) is 18.9. The molecule has 0 unspecified atom stereocenters. The summed E-state index contributed by atoms with van der Waals surface area (Å²) in [6.45, 7) is 5.88. The fourth-order valence-electron chi connectivity index (χ4n) is 2.47. The van der Waals surface area contributed by atoms with Crippen LogP contribution < -0.4 is 9.04 Å². The number of hydrogen-bond acceptors (Lipinski definition) is 3. The summed E-state index contributed by atoms with van der Waals surface area (Å²) in [4.78, 5) is -0.0438. The van der Waals surface area contributed by atoms with Gasteiger partial charge in [0.15, 0.2) is 0 Å². The first-order chi connectivity index (χ1) is 11.3. The number of ether oxygens (including phenoxy) is 1. The van der Waals surface area contributed by atoms with Crippen LogP contribution in [0.25, 0.3) is 0 Å². The molecule has 0 N–H and O–H groups in total. The van der Waals surface area contributed by atoms with Crippen molar-refractivity contribution in [1.29, 1.82) is 0 Å². The maximum atomic E-state index is 13.1. The number of methoxy groups -OCH3 is 1. The molecule has 0 radical (unpaired) electrons. The maximum Gasteiger partial charge on any atom is 0.265 e. The molecule has 4 nitrogen and oxygen atoms in total. The van der Waals surface area contributed by atoms with E-state index in [0.29, 0.717) is 11.4 Å². The highest BCUT2D eigenvalue weighted by atomic mass is 35.5. The molecule has 130 valence electrons. The molecule has 2 rings (SSSR count). The summed E-state index contributed by atoms with van der Waals surface area (Å²) in [6, 6.07) is 8.46. The van der Waals surface area contributed by atoms with Gasteiger partial charge in [0.2, 0.25) is 0 Å². The van der Waals surface area contributed by atoms with Crippen LogP contribution in [-0.4, -0.2) is 22.1 Å². The number of sulfonamides is 1. The van der Waals surface area contributed by atoms with Crippen molar-refractivity contribution >= 4 is 38.9 Å². The molecule has 0 amide bonds. The summed E-state index contributed by atoms with van der Waals surface area (Å²) in [5.41, 5.74) is 2.54. The Balaban J connectivity index is 2.64. The van der Waals surface area contributed by atoms with Gasteiger partial charge in [-0.3, -0.25) is 4.31 Å². The summed E-state index contributed by atoms with van der Waals surface area (Å²) < 4.78 is 32.7. The van der Waals surface area contributed by atoms with Crippen molar-refractivity contribution in [3.8, 4) is 5.75 Å². The van der Waals surface area contributed by atoms with Crippen LogP contribution in [0, 0.1) is 13.8 Å². The molecule has 0 bridgehead atoms. The van der Waals surface area contributed by atoms with Crippen LogP contribution in [0.1, 0.15) is 18.1 Å². The van der Waals surface area contributed by atoms with E-state index in [1.54, 1.807) is 13.0 Å². The van der Waals surface area contributed by atoms with E-state index in [4.69, 9.17) is 27.9 Å². The topological polar surface area (TPSA) is 46.6 Å². The Morgan fingerprint density at radius 2 is 1.75 bits per heavy atom. The first-order valence-electron chi connectivity index (χ1n) is 7.36. The second kappa shape index (κ2) is 7.21. The highest BCUT2D eigenvalue weighted by Crippen LogP contribution is 2.39. The summed E-state index contributed by atoms with van der Waals surface area (Å²) in [7, 11) is -2.42. The predicted molar refractivity (Wildman–Crippen MR) is 99.1 cm³/mol. The molecule has 0 aliphatic heterocycles. The van der Waals surface area contributed by atoms with Crippen molar-refractivity contribution in [3.63, 3.8) is 0 Å². The van der Waals surface area contributed by atoms with Crippen LogP contribution in [0.5, 0.6) is 5.75 Å². The number of halogens is 2. The van der Waals surface area contributed by atoms with E-state index >= 15 is 0 Å². The van der Waals surface area contributed by atoms with Crippen molar-refractivity contribution in [3.05, 3.63) is 51.5 Å². The van der Waals surface area contributed by atoms with Gasteiger partial charge in [0.1, 0.15) is 15.7 Å². The number of aryl methyl sites for hydroxylation is 1. The minimum absolute atomic E-state index is 0.0419. The lowest BCUT2D eigenvalue weighted by atomic mass is 10.1. The molecule has 0 atom stereocenters. The van der Waals surface area contributed by atoms with E-state index in [-0.39, 0.29) is 21.5 Å². The molecule has 2 aromatic rings. The fourth-order valence-corrected chi connectivity index (χ4v) is 4.81. The van der Waals surface area contributed by atoms with E-state index in [9.17, 15) is 8.42 Å². The van der Waals surface area contributed by atoms with Gasteiger partial charge in [0, 0.05) is 6.54 Å². The average Bonchev–Trinajstić information content (AvgIpc) is 2.54. The van der Waals surface area contributed by atoms with Crippen molar-refractivity contribution < 1.29 is 13.2 Å². The van der Waals surface area contributed by atoms with Gasteiger partial charge in [0.05, 0.1) is 17.8 Å². The summed E-state index contributed by atoms with van der Waals surface area (Å²) in [5.74, 6) is 0.329. The molecule has 0 saturated carbocycles. The third-order valence-electron chi connectivity index (χ3n) is 3.93. The first-order valence-corrected chi connectivity index (χ1v) is 9.56. The van der Waals surface area contributed by atoms with Gasteiger partial charge < -0.3 is 4.74 Å². The summed E-state index contributed by atoms with van der Waals surface area (Å²) >= 11 is 12.3.